The average molecular weight is 433 g/mol. The molecule has 0 aromatic heterocycles. The van der Waals surface area contributed by atoms with Gasteiger partial charge in [-0.2, -0.15) is 0 Å². The van der Waals surface area contributed by atoms with Gasteiger partial charge in [0.25, 0.3) is 0 Å². The highest BCUT2D eigenvalue weighted by Gasteiger charge is 2.15. The van der Waals surface area contributed by atoms with Crippen molar-refractivity contribution in [1.29, 1.82) is 0 Å². The highest BCUT2D eigenvalue weighted by atomic mass is 127. The van der Waals surface area contributed by atoms with E-state index in [-0.39, 0.29) is 29.6 Å². The van der Waals surface area contributed by atoms with E-state index in [9.17, 15) is 0 Å². The Morgan fingerprint density at radius 3 is 2.43 bits per heavy atom. The smallest absolute Gasteiger partial charge is 0.191 e. The largest absolute Gasteiger partial charge is 0.377 e. The number of nitrogens with one attached hydrogen (secondary N) is 2. The van der Waals surface area contributed by atoms with E-state index in [2.05, 4.69) is 59.8 Å². The van der Waals surface area contributed by atoms with Gasteiger partial charge in [0, 0.05) is 20.2 Å². The van der Waals surface area contributed by atoms with Crippen LogP contribution in [0.15, 0.2) is 35.3 Å². The first kappa shape index (κ1) is 22.2. The maximum absolute atomic E-state index is 5.40. The molecule has 0 aliphatic rings. The minimum Gasteiger partial charge on any atom is -0.377 e. The van der Waals surface area contributed by atoms with E-state index in [0.717, 1.165) is 25.5 Å². The molecule has 0 amide bonds. The maximum Gasteiger partial charge on any atom is 0.191 e. The number of methoxy groups -OCH3 is 1. The Labute approximate surface area is 158 Å². The molecule has 0 spiro atoms. The van der Waals surface area contributed by atoms with Crippen molar-refractivity contribution in [1.82, 2.24) is 10.6 Å². The van der Waals surface area contributed by atoms with Crippen LogP contribution < -0.4 is 10.6 Å². The van der Waals surface area contributed by atoms with E-state index < -0.39 is 0 Å². The zero-order valence-corrected chi connectivity index (χ0v) is 17.4. The molecule has 0 fully saturated rings. The van der Waals surface area contributed by atoms with Gasteiger partial charge in [0.2, 0.25) is 0 Å². The van der Waals surface area contributed by atoms with Crippen molar-refractivity contribution < 1.29 is 4.74 Å². The quantitative estimate of drug-likeness (QED) is 0.373. The lowest BCUT2D eigenvalue weighted by Crippen LogP contribution is -2.39. The third-order valence-electron chi connectivity index (χ3n) is 3.75. The molecule has 1 rings (SSSR count). The number of hydrogen-bond donors (Lipinski definition) is 2. The molecule has 1 atom stereocenters. The zero-order chi connectivity index (χ0) is 16.4. The van der Waals surface area contributed by atoms with Crippen molar-refractivity contribution in [3.8, 4) is 0 Å². The lowest BCUT2D eigenvalue weighted by molar-refractivity contribution is 0.0310. The number of halogens is 1. The molecule has 1 unspecified atom stereocenters. The van der Waals surface area contributed by atoms with Gasteiger partial charge < -0.3 is 15.4 Å². The van der Waals surface area contributed by atoms with E-state index in [1.54, 1.807) is 7.11 Å². The molecule has 0 aliphatic carbocycles. The van der Waals surface area contributed by atoms with Crippen LogP contribution in [0.25, 0.3) is 0 Å². The van der Waals surface area contributed by atoms with Crippen molar-refractivity contribution in [3.05, 3.63) is 35.9 Å². The van der Waals surface area contributed by atoms with E-state index in [1.165, 1.54) is 5.56 Å². The number of ether oxygens (including phenoxy) is 1. The van der Waals surface area contributed by atoms with Gasteiger partial charge in [-0.15, -0.1) is 24.0 Å². The molecule has 1 aromatic carbocycles. The second-order valence-electron chi connectivity index (χ2n) is 6.19. The number of aliphatic imine (C=N–C) groups is 1. The summed E-state index contributed by atoms with van der Waals surface area (Å²) in [5.74, 6) is 1.39. The molecule has 2 N–H and O–H groups in total. The highest BCUT2D eigenvalue weighted by molar-refractivity contribution is 14.0. The van der Waals surface area contributed by atoms with Crippen molar-refractivity contribution in [3.63, 3.8) is 0 Å². The molecule has 132 valence electrons. The summed E-state index contributed by atoms with van der Waals surface area (Å²) >= 11 is 0. The third-order valence-corrected chi connectivity index (χ3v) is 3.75. The predicted molar refractivity (Wildman–Crippen MR) is 110 cm³/mol. The first-order chi connectivity index (χ1) is 10.5. The van der Waals surface area contributed by atoms with Gasteiger partial charge in [-0.05, 0) is 38.7 Å². The number of rotatable bonds is 8. The second kappa shape index (κ2) is 11.7. The Morgan fingerprint density at radius 2 is 1.87 bits per heavy atom. The van der Waals surface area contributed by atoms with Crippen LogP contribution in [0, 0.1) is 0 Å². The summed E-state index contributed by atoms with van der Waals surface area (Å²) in [5.41, 5.74) is 1.14. The van der Waals surface area contributed by atoms with E-state index in [4.69, 9.17) is 4.74 Å². The molecule has 0 heterocycles. The fourth-order valence-electron chi connectivity index (χ4n) is 2.03. The number of hydrogen-bond acceptors (Lipinski definition) is 2. The Balaban J connectivity index is 0.00000484. The van der Waals surface area contributed by atoms with Gasteiger partial charge in [-0.3, -0.25) is 4.99 Å². The average Bonchev–Trinajstić information content (AvgIpc) is 2.53. The zero-order valence-electron chi connectivity index (χ0n) is 15.1. The Kier molecular flexibility index (Phi) is 11.3. The molecular formula is C18H32IN3O. The van der Waals surface area contributed by atoms with Crippen LogP contribution in [-0.4, -0.2) is 38.3 Å². The van der Waals surface area contributed by atoms with Gasteiger partial charge in [0.1, 0.15) is 0 Å². The van der Waals surface area contributed by atoms with Crippen LogP contribution in [0.3, 0.4) is 0 Å². The van der Waals surface area contributed by atoms with Crippen molar-refractivity contribution in [2.24, 2.45) is 4.99 Å². The lowest BCUT2D eigenvalue weighted by atomic mass is 9.98. The molecule has 0 saturated heterocycles. The summed E-state index contributed by atoms with van der Waals surface area (Å²) in [7, 11) is 1.72. The van der Waals surface area contributed by atoms with Crippen molar-refractivity contribution in [2.75, 3.05) is 26.7 Å². The minimum absolute atomic E-state index is 0. The third kappa shape index (κ3) is 9.15. The first-order valence-electron chi connectivity index (χ1n) is 8.10. The summed E-state index contributed by atoms with van der Waals surface area (Å²) in [6.07, 6.45) is 1.07. The Bertz CT molecular complexity index is 449. The minimum atomic E-state index is -0.236. The summed E-state index contributed by atoms with van der Waals surface area (Å²) < 4.78 is 5.40. The first-order valence-corrected chi connectivity index (χ1v) is 8.10. The molecule has 4 nitrogen and oxygen atoms in total. The van der Waals surface area contributed by atoms with Gasteiger partial charge in [-0.1, -0.05) is 37.3 Å². The molecular weight excluding hydrogens is 401 g/mol. The van der Waals surface area contributed by atoms with E-state index in [0.29, 0.717) is 12.5 Å². The predicted octanol–water partition coefficient (Wildman–Crippen LogP) is 3.78. The summed E-state index contributed by atoms with van der Waals surface area (Å²) in [4.78, 5) is 4.59. The van der Waals surface area contributed by atoms with Crippen LogP contribution >= 0.6 is 24.0 Å². The van der Waals surface area contributed by atoms with Crippen LogP contribution in [0.4, 0.5) is 0 Å². The van der Waals surface area contributed by atoms with E-state index in [1.807, 2.05) is 13.8 Å². The van der Waals surface area contributed by atoms with Crippen LogP contribution in [0.5, 0.6) is 0 Å². The molecule has 1 aromatic rings. The molecule has 0 radical (unpaired) electrons. The summed E-state index contributed by atoms with van der Waals surface area (Å²) in [6, 6.07) is 10.6. The second-order valence-corrected chi connectivity index (χ2v) is 6.19. The standard InChI is InChI=1S/C18H31N3O.HI/c1-6-19-17(21-14-18(3,4)22-5)20-13-12-15(2)16-10-8-7-9-11-16;/h7-11,15H,6,12-14H2,1-5H3,(H2,19,20,21);1H. The molecule has 0 aliphatic heterocycles. The molecule has 5 heteroatoms. The van der Waals surface area contributed by atoms with Crippen molar-refractivity contribution >= 4 is 29.9 Å². The van der Waals surface area contributed by atoms with Gasteiger partial charge in [0.15, 0.2) is 5.96 Å². The van der Waals surface area contributed by atoms with E-state index >= 15 is 0 Å². The SMILES string of the molecule is CCNC(=NCC(C)(C)OC)NCCC(C)c1ccccc1.I. The normalized spacial score (nSPS) is 13.2. The lowest BCUT2D eigenvalue weighted by Gasteiger charge is -2.21. The van der Waals surface area contributed by atoms with Gasteiger partial charge >= 0.3 is 0 Å². The Hall–Kier alpha value is -0.820. The maximum atomic E-state index is 5.40. The number of nitrogens with zero attached hydrogens (tertiary/aromatic N) is 1. The topological polar surface area (TPSA) is 45.7 Å². The van der Waals surface area contributed by atoms with Gasteiger partial charge in [-0.25, -0.2) is 0 Å². The van der Waals surface area contributed by atoms with Crippen LogP contribution in [-0.2, 0) is 4.74 Å². The number of guanidine groups is 1. The number of benzene rings is 1. The summed E-state index contributed by atoms with van der Waals surface area (Å²) in [5, 5.41) is 6.68. The highest BCUT2D eigenvalue weighted by Crippen LogP contribution is 2.17. The molecule has 0 bridgehead atoms. The fourth-order valence-corrected chi connectivity index (χ4v) is 2.03. The van der Waals surface area contributed by atoms with Crippen molar-refractivity contribution in [2.45, 2.75) is 45.6 Å². The van der Waals surface area contributed by atoms with Crippen LogP contribution in [0.1, 0.15) is 45.6 Å². The monoisotopic (exact) mass is 433 g/mol. The summed E-state index contributed by atoms with van der Waals surface area (Å²) in [6.45, 7) is 10.8. The van der Waals surface area contributed by atoms with Crippen LogP contribution in [0.2, 0.25) is 0 Å². The Morgan fingerprint density at radius 1 is 1.22 bits per heavy atom. The molecule has 23 heavy (non-hydrogen) atoms. The fraction of sp³-hybridized carbons (Fsp3) is 0.611. The molecule has 0 saturated carbocycles. The van der Waals surface area contributed by atoms with Gasteiger partial charge in [0.05, 0.1) is 12.1 Å².